The normalized spacial score (nSPS) is 11.4. The topological polar surface area (TPSA) is 68.1 Å². The van der Waals surface area contributed by atoms with Gasteiger partial charge < -0.3 is 5.32 Å². The Kier molecular flexibility index (Phi) is 4.63. The Morgan fingerprint density at radius 1 is 1.43 bits per heavy atom. The Bertz CT molecular complexity index is 664. The first-order valence-corrected chi connectivity index (χ1v) is 8.01. The van der Waals surface area contributed by atoms with Crippen molar-refractivity contribution in [3.8, 4) is 0 Å². The predicted molar refractivity (Wildman–Crippen MR) is 88.9 cm³/mol. The molecule has 2 rings (SSSR count). The summed E-state index contributed by atoms with van der Waals surface area (Å²) in [7, 11) is 0. The molecule has 21 heavy (non-hydrogen) atoms. The number of rotatable bonds is 4. The maximum Gasteiger partial charge on any atom is 0.283 e. The van der Waals surface area contributed by atoms with Gasteiger partial charge in [0.15, 0.2) is 0 Å². The van der Waals surface area contributed by atoms with Crippen LogP contribution in [0.25, 0.3) is 0 Å². The van der Waals surface area contributed by atoms with E-state index >= 15 is 0 Å². The highest BCUT2D eigenvalue weighted by Crippen LogP contribution is 2.29. The van der Waals surface area contributed by atoms with Gasteiger partial charge in [-0.05, 0) is 28.1 Å². The number of nitro benzene ring substituents is 1. The molecule has 0 atom stereocenters. The third-order valence-electron chi connectivity index (χ3n) is 2.81. The van der Waals surface area contributed by atoms with Crippen molar-refractivity contribution in [2.45, 2.75) is 32.7 Å². The van der Waals surface area contributed by atoms with Gasteiger partial charge in [0.1, 0.15) is 0 Å². The maximum atomic E-state index is 10.8. The summed E-state index contributed by atoms with van der Waals surface area (Å²) >= 11 is 4.89. The molecule has 1 heterocycles. The molecule has 0 aliphatic heterocycles. The van der Waals surface area contributed by atoms with Crippen LogP contribution in [0.2, 0.25) is 0 Å². The lowest BCUT2D eigenvalue weighted by atomic mass is 9.98. The second kappa shape index (κ2) is 6.11. The Labute approximate surface area is 135 Å². The lowest BCUT2D eigenvalue weighted by molar-refractivity contribution is -0.385. The molecule has 0 unspecified atom stereocenters. The molecule has 0 bridgehead atoms. The molecule has 2 aromatic rings. The molecule has 5 nitrogen and oxygen atoms in total. The summed E-state index contributed by atoms with van der Waals surface area (Å²) in [5.41, 5.74) is 0.950. The summed E-state index contributed by atoms with van der Waals surface area (Å²) in [6.07, 6.45) is 1.87. The lowest BCUT2D eigenvalue weighted by Crippen LogP contribution is -2.09. The van der Waals surface area contributed by atoms with Crippen molar-refractivity contribution in [2.24, 2.45) is 0 Å². The van der Waals surface area contributed by atoms with E-state index in [-0.39, 0.29) is 11.1 Å². The number of aromatic nitrogens is 1. The van der Waals surface area contributed by atoms with E-state index in [1.54, 1.807) is 23.5 Å². The van der Waals surface area contributed by atoms with Crippen molar-refractivity contribution in [3.05, 3.63) is 48.9 Å². The highest BCUT2D eigenvalue weighted by atomic mass is 79.9. The summed E-state index contributed by atoms with van der Waals surface area (Å²) in [6, 6.07) is 4.90. The average Bonchev–Trinajstić information content (AvgIpc) is 2.84. The quantitative estimate of drug-likeness (QED) is 0.624. The first kappa shape index (κ1) is 15.9. The molecule has 0 saturated carbocycles. The molecule has 1 aromatic heterocycles. The molecule has 7 heteroatoms. The van der Waals surface area contributed by atoms with Gasteiger partial charge in [-0.2, -0.15) is 0 Å². The van der Waals surface area contributed by atoms with Crippen LogP contribution in [0.5, 0.6) is 0 Å². The minimum atomic E-state index is -0.410. The van der Waals surface area contributed by atoms with Gasteiger partial charge in [0.2, 0.25) is 0 Å². The molecule has 0 saturated heterocycles. The molecule has 0 radical (unpaired) electrons. The highest BCUT2D eigenvalue weighted by molar-refractivity contribution is 9.10. The van der Waals surface area contributed by atoms with Crippen LogP contribution in [-0.2, 0) is 12.0 Å². The van der Waals surface area contributed by atoms with Crippen molar-refractivity contribution in [1.29, 1.82) is 0 Å². The number of hydrogen-bond acceptors (Lipinski definition) is 5. The smallest absolute Gasteiger partial charge is 0.283 e. The van der Waals surface area contributed by atoms with Crippen molar-refractivity contribution >= 4 is 38.6 Å². The fourth-order valence-electron chi connectivity index (χ4n) is 1.69. The molecule has 0 aliphatic rings. The van der Waals surface area contributed by atoms with Gasteiger partial charge in [-0.1, -0.05) is 20.8 Å². The van der Waals surface area contributed by atoms with Gasteiger partial charge in [0, 0.05) is 28.2 Å². The monoisotopic (exact) mass is 369 g/mol. The number of thiazole rings is 1. The first-order valence-electron chi connectivity index (χ1n) is 6.40. The Balaban J connectivity index is 2.05. The lowest BCUT2D eigenvalue weighted by Gasteiger charge is -2.13. The van der Waals surface area contributed by atoms with Crippen molar-refractivity contribution in [3.63, 3.8) is 0 Å². The van der Waals surface area contributed by atoms with Crippen LogP contribution in [0.3, 0.4) is 0 Å². The number of anilines is 1. The summed E-state index contributed by atoms with van der Waals surface area (Å²) in [6.45, 7) is 7.06. The first-order chi connectivity index (χ1) is 9.77. The van der Waals surface area contributed by atoms with E-state index in [1.807, 2.05) is 6.20 Å². The van der Waals surface area contributed by atoms with Crippen LogP contribution < -0.4 is 5.32 Å². The predicted octanol–water partition coefficient (Wildman–Crippen LogP) is 4.72. The molecule has 0 amide bonds. The second-order valence-electron chi connectivity index (χ2n) is 5.66. The van der Waals surface area contributed by atoms with Crippen molar-refractivity contribution < 1.29 is 4.92 Å². The second-order valence-corrected chi connectivity index (χ2v) is 7.63. The molecule has 1 N–H and O–H groups in total. The zero-order valence-electron chi connectivity index (χ0n) is 12.0. The molecular formula is C14H16BrN3O2S. The Morgan fingerprint density at radius 3 is 2.67 bits per heavy atom. The van der Waals surface area contributed by atoms with E-state index in [0.717, 1.165) is 15.6 Å². The fourth-order valence-corrected chi connectivity index (χ4v) is 3.12. The van der Waals surface area contributed by atoms with Crippen LogP contribution in [0.15, 0.2) is 28.9 Å². The zero-order chi connectivity index (χ0) is 15.6. The number of nitrogens with one attached hydrogen (secondary N) is 1. The molecule has 0 spiro atoms. The van der Waals surface area contributed by atoms with Crippen LogP contribution in [0.4, 0.5) is 11.4 Å². The summed E-state index contributed by atoms with van der Waals surface area (Å²) in [4.78, 5) is 15.9. The molecule has 112 valence electrons. The Morgan fingerprint density at radius 2 is 2.14 bits per heavy atom. The average molecular weight is 370 g/mol. The van der Waals surface area contributed by atoms with E-state index < -0.39 is 4.92 Å². The number of benzene rings is 1. The van der Waals surface area contributed by atoms with Crippen LogP contribution in [0, 0.1) is 10.1 Å². The standard InChI is InChI=1S/C14H16BrN3O2S/c1-14(2,3)13-17-8-10(21-13)7-16-9-4-5-12(18(19)20)11(15)6-9/h4-6,8,16H,7H2,1-3H3. The highest BCUT2D eigenvalue weighted by Gasteiger charge is 2.18. The zero-order valence-corrected chi connectivity index (χ0v) is 14.4. The maximum absolute atomic E-state index is 10.8. The number of nitro groups is 1. The van der Waals surface area contributed by atoms with Crippen LogP contribution in [-0.4, -0.2) is 9.91 Å². The van der Waals surface area contributed by atoms with E-state index in [0.29, 0.717) is 11.0 Å². The molecule has 1 aromatic carbocycles. The third kappa shape index (κ3) is 4.01. The van der Waals surface area contributed by atoms with E-state index in [4.69, 9.17) is 0 Å². The van der Waals surface area contributed by atoms with Gasteiger partial charge in [-0.3, -0.25) is 10.1 Å². The molecule has 0 aliphatic carbocycles. The number of halogens is 1. The minimum Gasteiger partial charge on any atom is -0.380 e. The van der Waals surface area contributed by atoms with E-state index in [1.165, 1.54) is 6.07 Å². The van der Waals surface area contributed by atoms with Gasteiger partial charge in [0.25, 0.3) is 5.69 Å². The van der Waals surface area contributed by atoms with Gasteiger partial charge in [0.05, 0.1) is 20.9 Å². The number of hydrogen-bond donors (Lipinski definition) is 1. The van der Waals surface area contributed by atoms with Gasteiger partial charge >= 0.3 is 0 Å². The van der Waals surface area contributed by atoms with E-state index in [9.17, 15) is 10.1 Å². The number of nitrogens with zero attached hydrogens (tertiary/aromatic N) is 2. The summed E-state index contributed by atoms with van der Waals surface area (Å²) < 4.78 is 0.470. The van der Waals surface area contributed by atoms with Crippen LogP contribution >= 0.6 is 27.3 Å². The summed E-state index contributed by atoms with van der Waals surface area (Å²) in [5, 5.41) is 15.1. The third-order valence-corrected chi connectivity index (χ3v) is 4.86. The van der Waals surface area contributed by atoms with Gasteiger partial charge in [-0.15, -0.1) is 11.3 Å². The SMILES string of the molecule is CC(C)(C)c1ncc(CNc2ccc([N+](=O)[O-])c(Br)c2)s1. The minimum absolute atomic E-state index is 0.0549. The fraction of sp³-hybridized carbons (Fsp3) is 0.357. The summed E-state index contributed by atoms with van der Waals surface area (Å²) in [5.74, 6) is 0. The van der Waals surface area contributed by atoms with Gasteiger partial charge in [-0.25, -0.2) is 4.98 Å². The molecule has 0 fully saturated rings. The largest absolute Gasteiger partial charge is 0.380 e. The molecular weight excluding hydrogens is 354 g/mol. The Hall–Kier alpha value is -1.47. The van der Waals surface area contributed by atoms with Crippen molar-refractivity contribution in [2.75, 3.05) is 5.32 Å². The van der Waals surface area contributed by atoms with Crippen molar-refractivity contribution in [1.82, 2.24) is 4.98 Å². The van der Waals surface area contributed by atoms with Crippen LogP contribution in [0.1, 0.15) is 30.7 Å². The van der Waals surface area contributed by atoms with E-state index in [2.05, 4.69) is 47.0 Å².